The van der Waals surface area contributed by atoms with Crippen LogP contribution in [0.1, 0.15) is 51.9 Å². The fourth-order valence-corrected chi connectivity index (χ4v) is 4.51. The molecule has 6 heteroatoms. The van der Waals surface area contributed by atoms with Crippen LogP contribution < -0.4 is 4.72 Å². The van der Waals surface area contributed by atoms with Crippen LogP contribution in [0.5, 0.6) is 0 Å². The van der Waals surface area contributed by atoms with Gasteiger partial charge in [-0.25, -0.2) is 13.1 Å². The molecule has 1 aliphatic rings. The van der Waals surface area contributed by atoms with E-state index in [0.717, 1.165) is 38.5 Å². The molecule has 5 nitrogen and oxygen atoms in total. The van der Waals surface area contributed by atoms with Crippen molar-refractivity contribution < 1.29 is 17.9 Å². The third-order valence-corrected chi connectivity index (χ3v) is 6.40. The van der Waals surface area contributed by atoms with Gasteiger partial charge in [0.05, 0.1) is 11.5 Å². The van der Waals surface area contributed by atoms with Crippen molar-refractivity contribution >= 4 is 16.0 Å². The smallest absolute Gasteiger partial charge is 0.305 e. The van der Waals surface area contributed by atoms with Crippen molar-refractivity contribution in [2.24, 2.45) is 11.8 Å². The van der Waals surface area contributed by atoms with Crippen molar-refractivity contribution in [3.05, 3.63) is 30.3 Å². The monoisotopic (exact) mass is 367 g/mol. The molecule has 25 heavy (non-hydrogen) atoms. The molecule has 0 saturated heterocycles. The Morgan fingerprint density at radius 1 is 1.08 bits per heavy atom. The minimum atomic E-state index is -3.40. The zero-order valence-electron chi connectivity index (χ0n) is 14.9. The van der Waals surface area contributed by atoms with Crippen molar-refractivity contribution in [2.75, 3.05) is 13.2 Å². The summed E-state index contributed by atoms with van der Waals surface area (Å²) in [5, 5.41) is 0. The van der Waals surface area contributed by atoms with Gasteiger partial charge in [0.1, 0.15) is 0 Å². The van der Waals surface area contributed by atoms with E-state index in [1.807, 2.05) is 6.92 Å². The minimum absolute atomic E-state index is 0.0973. The lowest BCUT2D eigenvalue weighted by molar-refractivity contribution is -0.143. The van der Waals surface area contributed by atoms with Crippen molar-refractivity contribution in [2.45, 2.75) is 56.8 Å². The summed E-state index contributed by atoms with van der Waals surface area (Å²) in [5.41, 5.74) is 0. The second kappa shape index (κ2) is 9.92. The molecule has 140 valence electrons. The third-order valence-electron chi connectivity index (χ3n) is 4.93. The lowest BCUT2D eigenvalue weighted by atomic mass is 9.79. The van der Waals surface area contributed by atoms with Crippen LogP contribution >= 0.6 is 0 Å². The van der Waals surface area contributed by atoms with E-state index in [9.17, 15) is 13.2 Å². The predicted molar refractivity (Wildman–Crippen MR) is 97.6 cm³/mol. The Bertz CT molecular complexity index is 622. The Morgan fingerprint density at radius 3 is 2.28 bits per heavy atom. The fourth-order valence-electron chi connectivity index (χ4n) is 3.44. The highest BCUT2D eigenvalue weighted by molar-refractivity contribution is 7.89. The van der Waals surface area contributed by atoms with Crippen molar-refractivity contribution in [3.8, 4) is 0 Å². The highest BCUT2D eigenvalue weighted by Gasteiger charge is 2.22. The lowest BCUT2D eigenvalue weighted by Crippen LogP contribution is -2.27. The van der Waals surface area contributed by atoms with Gasteiger partial charge in [0, 0.05) is 13.0 Å². The van der Waals surface area contributed by atoms with E-state index >= 15 is 0 Å². The van der Waals surface area contributed by atoms with Crippen LogP contribution in [0.15, 0.2) is 35.2 Å². The number of carbonyl (C=O) groups is 1. The molecule has 1 aliphatic carbocycles. The molecule has 0 spiro atoms. The molecular formula is C19H29NO4S. The van der Waals surface area contributed by atoms with Crippen LogP contribution in [0.4, 0.5) is 0 Å². The van der Waals surface area contributed by atoms with E-state index < -0.39 is 10.0 Å². The van der Waals surface area contributed by atoms with E-state index in [4.69, 9.17) is 4.74 Å². The highest BCUT2D eigenvalue weighted by Crippen LogP contribution is 2.33. The van der Waals surface area contributed by atoms with Crippen molar-refractivity contribution in [1.82, 2.24) is 4.72 Å². The molecule has 1 N–H and O–H groups in total. The van der Waals surface area contributed by atoms with Crippen LogP contribution in [0.2, 0.25) is 0 Å². The summed E-state index contributed by atoms with van der Waals surface area (Å²) >= 11 is 0. The topological polar surface area (TPSA) is 72.5 Å². The zero-order chi connectivity index (χ0) is 18.1. The molecule has 0 aliphatic heterocycles. The van der Waals surface area contributed by atoms with Crippen molar-refractivity contribution in [3.63, 3.8) is 0 Å². The standard InChI is InChI=1S/C19H29NO4S/c1-2-24-19(21)13-12-16-8-10-17(11-9-16)14-15-20-25(22,23)18-6-4-3-5-7-18/h3-7,16-17,20H,2,8-15H2,1H3. The molecule has 1 fully saturated rings. The van der Waals surface area contributed by atoms with Crippen LogP contribution in [-0.2, 0) is 19.6 Å². The van der Waals surface area contributed by atoms with Gasteiger partial charge in [0.2, 0.25) is 10.0 Å². The van der Waals surface area contributed by atoms with Gasteiger partial charge in [-0.1, -0.05) is 43.9 Å². The Hall–Kier alpha value is -1.40. The van der Waals surface area contributed by atoms with E-state index in [2.05, 4.69) is 4.72 Å². The maximum Gasteiger partial charge on any atom is 0.305 e. The van der Waals surface area contributed by atoms with Gasteiger partial charge in [-0.15, -0.1) is 0 Å². The molecule has 0 heterocycles. The van der Waals surface area contributed by atoms with Gasteiger partial charge in [0.25, 0.3) is 0 Å². The number of sulfonamides is 1. The van der Waals surface area contributed by atoms with Crippen LogP contribution in [0.25, 0.3) is 0 Å². The maximum atomic E-state index is 12.2. The number of rotatable bonds is 9. The largest absolute Gasteiger partial charge is 0.466 e. The van der Waals surface area contributed by atoms with Gasteiger partial charge in [-0.05, 0) is 43.7 Å². The number of benzene rings is 1. The number of ether oxygens (including phenoxy) is 1. The maximum absolute atomic E-state index is 12.2. The number of hydrogen-bond donors (Lipinski definition) is 1. The molecule has 0 amide bonds. The molecule has 1 aromatic carbocycles. The Balaban J connectivity index is 1.65. The van der Waals surface area contributed by atoms with Crippen LogP contribution in [0.3, 0.4) is 0 Å². The predicted octanol–water partition coefficient (Wildman–Crippen LogP) is 3.50. The van der Waals surface area contributed by atoms with Gasteiger partial charge in [-0.2, -0.15) is 0 Å². The van der Waals surface area contributed by atoms with Gasteiger partial charge >= 0.3 is 5.97 Å². The van der Waals surface area contributed by atoms with E-state index in [1.165, 1.54) is 0 Å². The number of carbonyl (C=O) groups excluding carboxylic acids is 1. The van der Waals surface area contributed by atoms with Crippen molar-refractivity contribution in [1.29, 1.82) is 0 Å². The summed E-state index contributed by atoms with van der Waals surface area (Å²) in [4.78, 5) is 11.7. The summed E-state index contributed by atoms with van der Waals surface area (Å²) in [6.07, 6.45) is 6.76. The molecule has 0 aromatic heterocycles. The van der Waals surface area contributed by atoms with E-state index in [1.54, 1.807) is 30.3 Å². The Morgan fingerprint density at radius 2 is 1.68 bits per heavy atom. The third kappa shape index (κ3) is 6.78. The summed E-state index contributed by atoms with van der Waals surface area (Å²) in [6.45, 7) is 2.76. The zero-order valence-corrected chi connectivity index (χ0v) is 15.8. The average molecular weight is 368 g/mol. The molecule has 0 atom stereocenters. The second-order valence-electron chi connectivity index (χ2n) is 6.73. The molecule has 2 rings (SSSR count). The van der Waals surface area contributed by atoms with Crippen LogP contribution in [0, 0.1) is 11.8 Å². The van der Waals surface area contributed by atoms with Gasteiger partial charge in [-0.3, -0.25) is 4.79 Å². The number of nitrogens with one attached hydrogen (secondary N) is 1. The first-order valence-corrected chi connectivity index (χ1v) is 10.7. The van der Waals surface area contributed by atoms with Gasteiger partial charge < -0.3 is 4.74 Å². The second-order valence-corrected chi connectivity index (χ2v) is 8.50. The molecular weight excluding hydrogens is 338 g/mol. The quantitative estimate of drug-likeness (QED) is 0.678. The first-order chi connectivity index (χ1) is 12.0. The number of hydrogen-bond acceptors (Lipinski definition) is 4. The summed E-state index contributed by atoms with van der Waals surface area (Å²) < 4.78 is 32.0. The SMILES string of the molecule is CCOC(=O)CCC1CCC(CCNS(=O)(=O)c2ccccc2)CC1. The first-order valence-electron chi connectivity index (χ1n) is 9.21. The summed E-state index contributed by atoms with van der Waals surface area (Å²) in [7, 11) is -3.40. The molecule has 1 saturated carbocycles. The Kier molecular flexibility index (Phi) is 7.90. The van der Waals surface area contributed by atoms with Gasteiger partial charge in [0.15, 0.2) is 0 Å². The lowest BCUT2D eigenvalue weighted by Gasteiger charge is -2.28. The molecule has 0 radical (unpaired) electrons. The molecule has 0 bridgehead atoms. The summed E-state index contributed by atoms with van der Waals surface area (Å²) in [6, 6.07) is 8.48. The van der Waals surface area contributed by atoms with E-state index in [-0.39, 0.29) is 5.97 Å². The fraction of sp³-hybridized carbons (Fsp3) is 0.632. The highest BCUT2D eigenvalue weighted by atomic mass is 32.2. The molecule has 1 aromatic rings. The van der Waals surface area contributed by atoms with Crippen LogP contribution in [-0.4, -0.2) is 27.5 Å². The first kappa shape index (κ1) is 19.9. The minimum Gasteiger partial charge on any atom is -0.466 e. The number of esters is 1. The molecule has 0 unspecified atom stereocenters. The Labute approximate surface area is 151 Å². The average Bonchev–Trinajstić information content (AvgIpc) is 2.62. The summed E-state index contributed by atoms with van der Waals surface area (Å²) in [5.74, 6) is 1.07. The normalized spacial score (nSPS) is 21.0. The van der Waals surface area contributed by atoms with E-state index in [0.29, 0.717) is 36.3 Å².